The minimum atomic E-state index is -0.121. The molecule has 1 amide bonds. The lowest BCUT2D eigenvalue weighted by molar-refractivity contribution is 0.0952. The van der Waals surface area contributed by atoms with E-state index in [1.165, 1.54) is 0 Å². The number of aryl methyl sites for hydroxylation is 1. The zero-order valence-electron chi connectivity index (χ0n) is 14.9. The van der Waals surface area contributed by atoms with Gasteiger partial charge in [0.2, 0.25) is 0 Å². The van der Waals surface area contributed by atoms with E-state index in [0.29, 0.717) is 27.9 Å². The van der Waals surface area contributed by atoms with Crippen molar-refractivity contribution in [1.82, 2.24) is 15.1 Å². The smallest absolute Gasteiger partial charge is 0.251 e. The van der Waals surface area contributed by atoms with Crippen molar-refractivity contribution in [1.29, 1.82) is 0 Å². The number of nitrogens with zero attached hydrogens (tertiary/aromatic N) is 2. The molecule has 0 unspecified atom stereocenters. The molecule has 1 aromatic heterocycles. The van der Waals surface area contributed by atoms with Crippen molar-refractivity contribution in [2.45, 2.75) is 19.6 Å². The highest BCUT2D eigenvalue weighted by Crippen LogP contribution is 2.31. The molecular weight excluding hydrogens is 465 g/mol. The van der Waals surface area contributed by atoms with Crippen LogP contribution in [0.3, 0.4) is 0 Å². The summed E-state index contributed by atoms with van der Waals surface area (Å²) in [5.74, 6) is 0.388. The second kappa shape index (κ2) is 9.96. The molecule has 0 aliphatic heterocycles. The highest BCUT2D eigenvalue weighted by molar-refractivity contribution is 9.10. The molecule has 3 aromatic rings. The van der Waals surface area contributed by atoms with Crippen molar-refractivity contribution in [2.24, 2.45) is 0 Å². The Hall–Kier alpha value is -2.02. The van der Waals surface area contributed by atoms with Crippen LogP contribution in [0.25, 0.3) is 0 Å². The molecular formula is C20H18BrCl2N3O2. The van der Waals surface area contributed by atoms with Gasteiger partial charge in [-0.2, -0.15) is 5.10 Å². The summed E-state index contributed by atoms with van der Waals surface area (Å²) < 4.78 is 8.49. The molecule has 2 aromatic carbocycles. The number of hydrogen-bond acceptors (Lipinski definition) is 3. The lowest BCUT2D eigenvalue weighted by Gasteiger charge is -2.10. The summed E-state index contributed by atoms with van der Waals surface area (Å²) in [6.45, 7) is 1.59. The average Bonchev–Trinajstić information content (AvgIpc) is 3.11. The molecule has 0 atom stereocenters. The number of amides is 1. The Kier molecular flexibility index (Phi) is 7.36. The van der Waals surface area contributed by atoms with E-state index in [9.17, 15) is 4.79 Å². The number of carbonyl (C=O) groups excluding carboxylic acids is 1. The number of ether oxygens (including phenoxy) is 1. The predicted octanol–water partition coefficient (Wildman–Crippen LogP) is 5.35. The van der Waals surface area contributed by atoms with E-state index in [2.05, 4.69) is 26.3 Å². The van der Waals surface area contributed by atoms with Gasteiger partial charge >= 0.3 is 0 Å². The standard InChI is InChI=1S/C20H18BrCl2N3O2/c21-16-11-25-26(12-16)9-3-8-24-20(27)15-5-1-4-14(10-15)13-28-18-7-2-6-17(22)19(18)23/h1-2,4-7,10-12H,3,8-9,13H2,(H,24,27). The van der Waals surface area contributed by atoms with Gasteiger partial charge in [0.05, 0.1) is 15.7 Å². The van der Waals surface area contributed by atoms with E-state index in [1.807, 2.05) is 23.0 Å². The molecule has 5 nitrogen and oxygen atoms in total. The fraction of sp³-hybridized carbons (Fsp3) is 0.200. The molecule has 146 valence electrons. The summed E-state index contributed by atoms with van der Waals surface area (Å²) in [6, 6.07) is 12.5. The van der Waals surface area contributed by atoms with Crippen molar-refractivity contribution in [3.05, 3.63) is 80.5 Å². The Morgan fingerprint density at radius 3 is 2.82 bits per heavy atom. The van der Waals surface area contributed by atoms with Gasteiger partial charge in [0.25, 0.3) is 5.91 Å². The SMILES string of the molecule is O=C(NCCCn1cc(Br)cn1)c1cccc(COc2cccc(Cl)c2Cl)c1. The summed E-state index contributed by atoms with van der Waals surface area (Å²) in [6.07, 6.45) is 4.43. The fourth-order valence-electron chi connectivity index (χ4n) is 2.56. The Morgan fingerprint density at radius 2 is 2.04 bits per heavy atom. The zero-order chi connectivity index (χ0) is 19.9. The van der Waals surface area contributed by atoms with E-state index in [1.54, 1.807) is 36.5 Å². The largest absolute Gasteiger partial charge is 0.487 e. The molecule has 0 radical (unpaired) electrons. The van der Waals surface area contributed by atoms with Crippen molar-refractivity contribution in [3.8, 4) is 5.75 Å². The minimum Gasteiger partial charge on any atom is -0.487 e. The first kappa shape index (κ1) is 20.7. The lowest BCUT2D eigenvalue weighted by atomic mass is 10.1. The molecule has 0 aliphatic rings. The van der Waals surface area contributed by atoms with Crippen molar-refractivity contribution >= 4 is 45.0 Å². The number of halogens is 3. The number of hydrogen-bond donors (Lipinski definition) is 1. The van der Waals surface area contributed by atoms with Crippen LogP contribution in [0.2, 0.25) is 10.0 Å². The van der Waals surface area contributed by atoms with Gasteiger partial charge in [-0.25, -0.2) is 0 Å². The quantitative estimate of drug-likeness (QED) is 0.440. The number of aromatic nitrogens is 2. The summed E-state index contributed by atoms with van der Waals surface area (Å²) in [4.78, 5) is 12.4. The number of carbonyl (C=O) groups is 1. The minimum absolute atomic E-state index is 0.121. The van der Waals surface area contributed by atoms with Gasteiger partial charge in [-0.3, -0.25) is 9.48 Å². The van der Waals surface area contributed by atoms with Gasteiger partial charge in [0, 0.05) is 24.8 Å². The van der Waals surface area contributed by atoms with E-state index in [0.717, 1.165) is 23.0 Å². The van der Waals surface area contributed by atoms with Crippen molar-refractivity contribution in [3.63, 3.8) is 0 Å². The Balaban J connectivity index is 1.50. The van der Waals surface area contributed by atoms with Crippen LogP contribution in [-0.2, 0) is 13.2 Å². The zero-order valence-corrected chi connectivity index (χ0v) is 18.0. The van der Waals surface area contributed by atoms with Crippen LogP contribution in [-0.4, -0.2) is 22.2 Å². The number of benzene rings is 2. The second-order valence-electron chi connectivity index (χ2n) is 6.07. The number of nitrogens with one attached hydrogen (secondary N) is 1. The molecule has 0 saturated carbocycles. The lowest BCUT2D eigenvalue weighted by Crippen LogP contribution is -2.25. The third-order valence-electron chi connectivity index (χ3n) is 3.95. The van der Waals surface area contributed by atoms with Gasteiger partial charge < -0.3 is 10.1 Å². The molecule has 0 spiro atoms. The first-order valence-corrected chi connectivity index (χ1v) is 10.2. The fourth-order valence-corrected chi connectivity index (χ4v) is 3.24. The summed E-state index contributed by atoms with van der Waals surface area (Å²) in [5.41, 5.74) is 1.45. The van der Waals surface area contributed by atoms with Crippen LogP contribution >= 0.6 is 39.1 Å². The average molecular weight is 483 g/mol. The van der Waals surface area contributed by atoms with E-state index in [-0.39, 0.29) is 12.5 Å². The Bertz CT molecular complexity index is 962. The molecule has 0 fully saturated rings. The van der Waals surface area contributed by atoms with Crippen LogP contribution in [0.5, 0.6) is 5.75 Å². The topological polar surface area (TPSA) is 56.2 Å². The molecule has 8 heteroatoms. The Morgan fingerprint density at radius 1 is 1.21 bits per heavy atom. The third kappa shape index (κ3) is 5.74. The van der Waals surface area contributed by atoms with Crippen molar-refractivity contribution < 1.29 is 9.53 Å². The maximum absolute atomic E-state index is 12.4. The van der Waals surface area contributed by atoms with Crippen molar-refractivity contribution in [2.75, 3.05) is 6.54 Å². The van der Waals surface area contributed by atoms with Crippen LogP contribution in [0.15, 0.2) is 59.3 Å². The van der Waals surface area contributed by atoms with E-state index >= 15 is 0 Å². The van der Waals surface area contributed by atoms with Crippen LogP contribution < -0.4 is 10.1 Å². The van der Waals surface area contributed by atoms with Crippen LogP contribution in [0, 0.1) is 0 Å². The van der Waals surface area contributed by atoms with Gasteiger partial charge in [0.15, 0.2) is 0 Å². The second-order valence-corrected chi connectivity index (χ2v) is 7.77. The molecule has 0 bridgehead atoms. The molecule has 1 N–H and O–H groups in total. The van der Waals surface area contributed by atoms with E-state index < -0.39 is 0 Å². The highest BCUT2D eigenvalue weighted by Gasteiger charge is 2.08. The first-order chi connectivity index (χ1) is 13.5. The van der Waals surface area contributed by atoms with E-state index in [4.69, 9.17) is 27.9 Å². The van der Waals surface area contributed by atoms with Gasteiger partial charge in [-0.1, -0.05) is 41.4 Å². The summed E-state index contributed by atoms with van der Waals surface area (Å²) in [5, 5.41) is 7.92. The molecule has 0 aliphatic carbocycles. The predicted molar refractivity (Wildman–Crippen MR) is 114 cm³/mol. The maximum atomic E-state index is 12.4. The molecule has 0 saturated heterocycles. The normalized spacial score (nSPS) is 10.7. The van der Waals surface area contributed by atoms with Crippen LogP contribution in [0.4, 0.5) is 0 Å². The molecule has 28 heavy (non-hydrogen) atoms. The first-order valence-electron chi connectivity index (χ1n) is 8.65. The van der Waals surface area contributed by atoms with Crippen LogP contribution in [0.1, 0.15) is 22.3 Å². The Labute approximate surface area is 181 Å². The number of rotatable bonds is 8. The maximum Gasteiger partial charge on any atom is 0.251 e. The van der Waals surface area contributed by atoms with Gasteiger partial charge in [-0.15, -0.1) is 0 Å². The molecule has 1 heterocycles. The van der Waals surface area contributed by atoms with Gasteiger partial charge in [0.1, 0.15) is 17.4 Å². The summed E-state index contributed by atoms with van der Waals surface area (Å²) >= 11 is 15.5. The van der Waals surface area contributed by atoms with Gasteiger partial charge in [-0.05, 0) is 52.2 Å². The molecule has 3 rings (SSSR count). The monoisotopic (exact) mass is 481 g/mol. The third-order valence-corrected chi connectivity index (χ3v) is 5.16. The highest BCUT2D eigenvalue weighted by atomic mass is 79.9. The summed E-state index contributed by atoms with van der Waals surface area (Å²) in [7, 11) is 0.